The average Bonchev–Trinajstić information content (AvgIpc) is 3.09. The maximum atomic E-state index is 12.4. The minimum absolute atomic E-state index is 0.0871. The highest BCUT2D eigenvalue weighted by molar-refractivity contribution is 7.10. The van der Waals surface area contributed by atoms with Gasteiger partial charge in [0, 0.05) is 43.9 Å². The van der Waals surface area contributed by atoms with Crippen LogP contribution in [0, 0.1) is 5.92 Å². The topological polar surface area (TPSA) is 67.3 Å². The molecule has 24 heavy (non-hydrogen) atoms. The molecule has 0 bridgehead atoms. The predicted molar refractivity (Wildman–Crippen MR) is 95.2 cm³/mol. The van der Waals surface area contributed by atoms with Crippen molar-refractivity contribution in [2.24, 2.45) is 5.92 Å². The Balaban J connectivity index is 1.52. The van der Waals surface area contributed by atoms with Crippen LogP contribution in [0.15, 0.2) is 30.3 Å². The number of amides is 2. The lowest BCUT2D eigenvalue weighted by Gasteiger charge is -2.31. The first-order chi connectivity index (χ1) is 11.8. The van der Waals surface area contributed by atoms with E-state index in [1.165, 1.54) is 11.5 Å². The lowest BCUT2D eigenvalue weighted by molar-refractivity contribution is 0.144. The molecule has 2 aromatic rings. The molecule has 128 valence electrons. The molecule has 0 radical (unpaired) electrons. The van der Waals surface area contributed by atoms with Gasteiger partial charge in [-0.05, 0) is 25.2 Å². The molecule has 0 spiro atoms. The van der Waals surface area contributed by atoms with Gasteiger partial charge in [-0.15, -0.1) is 0 Å². The Labute approximate surface area is 146 Å². The van der Waals surface area contributed by atoms with Gasteiger partial charge in [0.1, 0.15) is 0 Å². The number of hydrogen-bond acceptors (Lipinski definition) is 5. The number of likely N-dealkylation sites (tertiary alicyclic amines) is 1. The SMILES string of the molecule is COCCC1CCN(C(=O)Nc2nc(-c3ccccc3)ns2)CC1. The van der Waals surface area contributed by atoms with Crippen LogP contribution < -0.4 is 5.32 Å². The Bertz CT molecular complexity index is 654. The van der Waals surface area contributed by atoms with Gasteiger partial charge in [0.05, 0.1) is 0 Å². The fourth-order valence-corrected chi connectivity index (χ4v) is 3.44. The number of ether oxygens (including phenoxy) is 1. The van der Waals surface area contributed by atoms with Gasteiger partial charge in [-0.2, -0.15) is 9.36 Å². The van der Waals surface area contributed by atoms with Crippen LogP contribution in [-0.2, 0) is 4.74 Å². The van der Waals surface area contributed by atoms with Crippen LogP contribution in [0.25, 0.3) is 11.4 Å². The molecule has 0 saturated carbocycles. The van der Waals surface area contributed by atoms with Gasteiger partial charge >= 0.3 is 6.03 Å². The van der Waals surface area contributed by atoms with Crippen molar-refractivity contribution in [2.75, 3.05) is 32.1 Å². The van der Waals surface area contributed by atoms with Gasteiger partial charge < -0.3 is 9.64 Å². The zero-order chi connectivity index (χ0) is 16.8. The standard InChI is InChI=1S/C17H22N4O2S/c1-23-12-9-13-7-10-21(11-8-13)17(22)19-16-18-15(20-24-16)14-5-3-2-4-6-14/h2-6,13H,7-12H2,1H3,(H,18,19,20,22). The lowest BCUT2D eigenvalue weighted by atomic mass is 9.94. The summed E-state index contributed by atoms with van der Waals surface area (Å²) in [4.78, 5) is 18.6. The number of nitrogens with one attached hydrogen (secondary N) is 1. The number of aromatic nitrogens is 2. The highest BCUT2D eigenvalue weighted by Gasteiger charge is 2.23. The molecule has 1 aromatic carbocycles. The molecule has 1 N–H and O–H groups in total. The number of nitrogens with zero attached hydrogens (tertiary/aromatic N) is 3. The van der Waals surface area contributed by atoms with E-state index in [4.69, 9.17) is 4.74 Å². The van der Waals surface area contributed by atoms with E-state index in [0.717, 1.165) is 44.5 Å². The van der Waals surface area contributed by atoms with E-state index in [1.54, 1.807) is 7.11 Å². The van der Waals surface area contributed by atoms with E-state index >= 15 is 0 Å². The predicted octanol–water partition coefficient (Wildman–Crippen LogP) is 3.49. The summed E-state index contributed by atoms with van der Waals surface area (Å²) < 4.78 is 9.44. The van der Waals surface area contributed by atoms with Crippen molar-refractivity contribution < 1.29 is 9.53 Å². The molecule has 7 heteroatoms. The first-order valence-electron chi connectivity index (χ1n) is 8.20. The summed E-state index contributed by atoms with van der Waals surface area (Å²) >= 11 is 1.21. The first kappa shape index (κ1) is 16.9. The number of urea groups is 1. The average molecular weight is 346 g/mol. The third kappa shape index (κ3) is 4.30. The maximum absolute atomic E-state index is 12.4. The van der Waals surface area contributed by atoms with E-state index < -0.39 is 0 Å². The van der Waals surface area contributed by atoms with Crippen molar-refractivity contribution in [3.05, 3.63) is 30.3 Å². The van der Waals surface area contributed by atoms with E-state index in [2.05, 4.69) is 14.7 Å². The van der Waals surface area contributed by atoms with Crippen molar-refractivity contribution in [1.82, 2.24) is 14.3 Å². The number of piperidine rings is 1. The van der Waals surface area contributed by atoms with Gasteiger partial charge in [0.2, 0.25) is 5.13 Å². The molecule has 1 fully saturated rings. The lowest BCUT2D eigenvalue weighted by Crippen LogP contribution is -2.41. The van der Waals surface area contributed by atoms with Crippen molar-refractivity contribution in [1.29, 1.82) is 0 Å². The number of benzene rings is 1. The fourth-order valence-electron chi connectivity index (χ4n) is 2.86. The van der Waals surface area contributed by atoms with Crippen molar-refractivity contribution in [2.45, 2.75) is 19.3 Å². The number of hydrogen-bond donors (Lipinski definition) is 1. The zero-order valence-electron chi connectivity index (χ0n) is 13.8. The van der Waals surface area contributed by atoms with Crippen LogP contribution in [0.5, 0.6) is 0 Å². The fraction of sp³-hybridized carbons (Fsp3) is 0.471. The summed E-state index contributed by atoms with van der Waals surface area (Å²) in [5.74, 6) is 1.30. The number of rotatable bonds is 5. The smallest absolute Gasteiger partial charge is 0.323 e. The summed E-state index contributed by atoms with van der Waals surface area (Å²) in [6, 6.07) is 9.67. The Morgan fingerprint density at radius 1 is 1.33 bits per heavy atom. The van der Waals surface area contributed by atoms with Crippen LogP contribution >= 0.6 is 11.5 Å². The monoisotopic (exact) mass is 346 g/mol. The van der Waals surface area contributed by atoms with Crippen molar-refractivity contribution in [3.8, 4) is 11.4 Å². The van der Waals surface area contributed by atoms with Crippen LogP contribution in [-0.4, -0.2) is 47.1 Å². The third-order valence-corrected chi connectivity index (χ3v) is 4.93. The molecule has 0 unspecified atom stereocenters. The van der Waals surface area contributed by atoms with Gasteiger partial charge in [0.15, 0.2) is 5.82 Å². The molecule has 0 atom stereocenters. The van der Waals surface area contributed by atoms with E-state index in [-0.39, 0.29) is 6.03 Å². The van der Waals surface area contributed by atoms with E-state index in [1.807, 2.05) is 35.2 Å². The molecular weight excluding hydrogens is 324 g/mol. The number of methoxy groups -OCH3 is 1. The first-order valence-corrected chi connectivity index (χ1v) is 8.97. The minimum atomic E-state index is -0.0871. The van der Waals surface area contributed by atoms with E-state index in [9.17, 15) is 4.79 Å². The van der Waals surface area contributed by atoms with Crippen LogP contribution in [0.2, 0.25) is 0 Å². The third-order valence-electron chi connectivity index (χ3n) is 4.30. The summed E-state index contributed by atoms with van der Waals surface area (Å²) in [5.41, 5.74) is 0.952. The Hall–Kier alpha value is -1.99. The summed E-state index contributed by atoms with van der Waals surface area (Å²) in [6.45, 7) is 2.36. The van der Waals surface area contributed by atoms with Crippen LogP contribution in [0.4, 0.5) is 9.93 Å². The quantitative estimate of drug-likeness (QED) is 0.900. The van der Waals surface area contributed by atoms with Crippen LogP contribution in [0.1, 0.15) is 19.3 Å². The molecule has 1 aliphatic rings. The molecule has 2 amide bonds. The second kappa shape index (κ2) is 8.21. The number of carbonyl (C=O) groups excluding carboxylic acids is 1. The highest BCUT2D eigenvalue weighted by Crippen LogP contribution is 2.23. The molecular formula is C17H22N4O2S. The van der Waals surface area contributed by atoms with E-state index in [0.29, 0.717) is 16.9 Å². The van der Waals surface area contributed by atoms with Gasteiger partial charge in [-0.1, -0.05) is 30.3 Å². The van der Waals surface area contributed by atoms with Gasteiger partial charge in [0.25, 0.3) is 0 Å². The molecule has 3 rings (SSSR count). The Morgan fingerprint density at radius 3 is 2.79 bits per heavy atom. The largest absolute Gasteiger partial charge is 0.385 e. The Kier molecular flexibility index (Phi) is 5.77. The molecule has 1 aromatic heterocycles. The molecule has 2 heterocycles. The minimum Gasteiger partial charge on any atom is -0.385 e. The van der Waals surface area contributed by atoms with Gasteiger partial charge in [-0.25, -0.2) is 4.79 Å². The molecule has 0 aliphatic carbocycles. The highest BCUT2D eigenvalue weighted by atomic mass is 32.1. The second-order valence-corrected chi connectivity index (χ2v) is 6.68. The zero-order valence-corrected chi connectivity index (χ0v) is 14.6. The van der Waals surface area contributed by atoms with Gasteiger partial charge in [-0.3, -0.25) is 5.32 Å². The summed E-state index contributed by atoms with van der Waals surface area (Å²) in [6.07, 6.45) is 3.13. The number of anilines is 1. The maximum Gasteiger partial charge on any atom is 0.323 e. The summed E-state index contributed by atoms with van der Waals surface area (Å²) in [7, 11) is 1.73. The molecule has 1 aliphatic heterocycles. The van der Waals surface area contributed by atoms with Crippen LogP contribution in [0.3, 0.4) is 0 Å². The molecule has 1 saturated heterocycles. The molecule has 6 nitrogen and oxygen atoms in total. The van der Waals surface area contributed by atoms with Crippen molar-refractivity contribution in [3.63, 3.8) is 0 Å². The Morgan fingerprint density at radius 2 is 2.08 bits per heavy atom. The second-order valence-electron chi connectivity index (χ2n) is 5.93. The van der Waals surface area contributed by atoms with Crippen molar-refractivity contribution >= 4 is 22.7 Å². The normalized spacial score (nSPS) is 15.5. The summed E-state index contributed by atoms with van der Waals surface area (Å²) in [5, 5.41) is 3.41. The number of carbonyl (C=O) groups is 1.